The number of carbonyl (C=O) groups excluding carboxylic acids is 1. The van der Waals surface area contributed by atoms with Gasteiger partial charge < -0.3 is 9.64 Å². The van der Waals surface area contributed by atoms with Crippen molar-refractivity contribution in [3.05, 3.63) is 84.2 Å². The van der Waals surface area contributed by atoms with Gasteiger partial charge in [0.25, 0.3) is 0 Å². The van der Waals surface area contributed by atoms with E-state index in [-0.39, 0.29) is 12.2 Å². The highest BCUT2D eigenvalue weighted by molar-refractivity contribution is 6.15. The molecule has 0 spiro atoms. The Balaban J connectivity index is 0.00000135. The maximum Gasteiger partial charge on any atom is 0.410 e. The second-order valence-corrected chi connectivity index (χ2v) is 8.73. The Morgan fingerprint density at radius 2 is 1.62 bits per heavy atom. The lowest BCUT2D eigenvalue weighted by Gasteiger charge is -2.36. The number of alkyl halides is 1. The van der Waals surface area contributed by atoms with Gasteiger partial charge in [-0.3, -0.25) is 14.8 Å². The first-order valence-corrected chi connectivity index (χ1v) is 15.3. The molecule has 224 valence electrons. The Morgan fingerprint density at radius 1 is 1.02 bits per heavy atom. The molecule has 2 aliphatic heterocycles. The van der Waals surface area contributed by atoms with Crippen molar-refractivity contribution in [3.8, 4) is 0 Å². The summed E-state index contributed by atoms with van der Waals surface area (Å²) in [5, 5.41) is 0. The summed E-state index contributed by atoms with van der Waals surface area (Å²) in [6, 6.07) is 14.7. The van der Waals surface area contributed by atoms with Crippen LogP contribution < -0.4 is 4.90 Å². The van der Waals surface area contributed by atoms with Crippen LogP contribution >= 0.6 is 11.6 Å². The van der Waals surface area contributed by atoms with Crippen LogP contribution in [0.4, 0.5) is 10.5 Å². The number of anilines is 1. The number of carbonyl (C=O) groups is 1. The third-order valence-corrected chi connectivity index (χ3v) is 6.30. The second kappa shape index (κ2) is 22.9. The lowest BCUT2D eigenvalue weighted by atomic mass is 10.1. The van der Waals surface area contributed by atoms with E-state index in [1.807, 2.05) is 72.0 Å². The second-order valence-electron chi connectivity index (χ2n) is 8.73. The van der Waals surface area contributed by atoms with E-state index < -0.39 is 0 Å². The molecule has 3 heterocycles. The fourth-order valence-electron chi connectivity index (χ4n) is 3.98. The van der Waals surface area contributed by atoms with E-state index in [9.17, 15) is 4.79 Å². The molecule has 6 nitrogen and oxygen atoms in total. The predicted molar refractivity (Wildman–Crippen MR) is 173 cm³/mol. The van der Waals surface area contributed by atoms with Gasteiger partial charge >= 0.3 is 6.09 Å². The van der Waals surface area contributed by atoms with Crippen LogP contribution in [0.2, 0.25) is 0 Å². The highest BCUT2D eigenvalue weighted by Gasteiger charge is 2.31. The van der Waals surface area contributed by atoms with E-state index >= 15 is 0 Å². The molecular formula is C33H53ClN4O2. The minimum atomic E-state index is -0.227. The average molecular weight is 573 g/mol. The average Bonchev–Trinajstić information content (AvgIpc) is 3.40. The van der Waals surface area contributed by atoms with Gasteiger partial charge in [0.1, 0.15) is 6.10 Å². The zero-order valence-corrected chi connectivity index (χ0v) is 27.0. The Labute approximate surface area is 249 Å². The van der Waals surface area contributed by atoms with E-state index in [2.05, 4.69) is 70.2 Å². The summed E-state index contributed by atoms with van der Waals surface area (Å²) in [6.45, 7) is 23.7. The molecule has 1 amide bonds. The Morgan fingerprint density at radius 3 is 2.12 bits per heavy atom. The van der Waals surface area contributed by atoms with Gasteiger partial charge in [-0.25, -0.2) is 4.79 Å². The molecule has 1 atom stereocenters. The fourth-order valence-corrected chi connectivity index (χ4v) is 3.98. The van der Waals surface area contributed by atoms with Crippen molar-refractivity contribution >= 4 is 23.4 Å². The minimum absolute atomic E-state index is 0.121. The Kier molecular flexibility index (Phi) is 21.3. The van der Waals surface area contributed by atoms with Crippen LogP contribution in [0, 0.1) is 0 Å². The van der Waals surface area contributed by atoms with Gasteiger partial charge in [-0.1, -0.05) is 65.0 Å². The Bertz CT molecular complexity index is 943. The minimum Gasteiger partial charge on any atom is -0.440 e. The van der Waals surface area contributed by atoms with Gasteiger partial charge in [-0.05, 0) is 55.7 Å². The predicted octanol–water partition coefficient (Wildman–Crippen LogP) is 8.18. The van der Waals surface area contributed by atoms with Gasteiger partial charge in [0.2, 0.25) is 0 Å². The lowest BCUT2D eigenvalue weighted by molar-refractivity contribution is 0.142. The van der Waals surface area contributed by atoms with Crippen LogP contribution in [-0.4, -0.2) is 66.1 Å². The Hall–Kier alpha value is -2.83. The third kappa shape index (κ3) is 13.0. The number of piperazine rings is 1. The molecule has 0 N–H and O–H groups in total. The van der Waals surface area contributed by atoms with Crippen LogP contribution in [0.15, 0.2) is 73.0 Å². The highest BCUT2D eigenvalue weighted by Crippen LogP contribution is 2.22. The maximum absolute atomic E-state index is 12.1. The van der Waals surface area contributed by atoms with E-state index in [4.69, 9.17) is 4.74 Å². The van der Waals surface area contributed by atoms with Gasteiger partial charge in [0.15, 0.2) is 0 Å². The quantitative estimate of drug-likeness (QED) is 0.247. The SMILES string of the molecule is C/C=C(\C)C1CN(Cc2ccc(N3CCN(Cc4ccccn4)CC3)cc2)C(=O)O1.C=CCC.CC.CC.CCl. The van der Waals surface area contributed by atoms with E-state index in [1.54, 1.807) is 4.90 Å². The number of allylic oxidation sites excluding steroid dienone is 2. The normalized spacial score (nSPS) is 16.5. The van der Waals surface area contributed by atoms with E-state index in [1.165, 1.54) is 12.1 Å². The van der Waals surface area contributed by atoms with Crippen molar-refractivity contribution in [2.24, 2.45) is 0 Å². The zero-order chi connectivity index (χ0) is 30.3. The fraction of sp³-hybridized carbons (Fsp3) is 0.515. The molecule has 2 fully saturated rings. The molecule has 1 aromatic carbocycles. The van der Waals surface area contributed by atoms with Gasteiger partial charge in [-0.2, -0.15) is 0 Å². The molecule has 1 unspecified atom stereocenters. The molecule has 4 rings (SSSR count). The molecule has 0 radical (unpaired) electrons. The smallest absolute Gasteiger partial charge is 0.410 e. The molecule has 2 aliphatic rings. The highest BCUT2D eigenvalue weighted by atomic mass is 35.5. The number of nitrogens with zero attached hydrogens (tertiary/aromatic N) is 4. The lowest BCUT2D eigenvalue weighted by Crippen LogP contribution is -2.46. The van der Waals surface area contributed by atoms with Crippen molar-refractivity contribution < 1.29 is 9.53 Å². The number of cyclic esters (lactones) is 1. The van der Waals surface area contributed by atoms with Gasteiger partial charge in [0, 0.05) is 57.5 Å². The molecule has 40 heavy (non-hydrogen) atoms. The number of ether oxygens (including phenoxy) is 1. The first-order chi connectivity index (χ1) is 19.5. The zero-order valence-electron chi connectivity index (χ0n) is 26.2. The maximum atomic E-state index is 12.1. The van der Waals surface area contributed by atoms with Gasteiger partial charge in [-0.15, -0.1) is 18.2 Å². The molecule has 2 aromatic rings. The number of halogens is 1. The van der Waals surface area contributed by atoms with Crippen molar-refractivity contribution in [2.45, 2.75) is 74.1 Å². The van der Waals surface area contributed by atoms with Crippen molar-refractivity contribution in [1.29, 1.82) is 0 Å². The molecule has 1 aromatic heterocycles. The first kappa shape index (κ1) is 37.2. The molecular weight excluding hydrogens is 520 g/mol. The van der Waals surface area contributed by atoms with Crippen LogP contribution in [0.5, 0.6) is 0 Å². The molecule has 2 saturated heterocycles. The number of rotatable bonds is 7. The summed E-state index contributed by atoms with van der Waals surface area (Å²) in [4.78, 5) is 23.2. The van der Waals surface area contributed by atoms with Crippen molar-refractivity contribution in [2.75, 3.05) is 44.0 Å². The van der Waals surface area contributed by atoms with Crippen LogP contribution in [0.3, 0.4) is 0 Å². The van der Waals surface area contributed by atoms with Crippen LogP contribution in [0.1, 0.15) is 66.1 Å². The molecule has 0 aliphatic carbocycles. The summed E-state index contributed by atoms with van der Waals surface area (Å²) in [5.41, 5.74) is 4.59. The largest absolute Gasteiger partial charge is 0.440 e. The molecule has 0 bridgehead atoms. The van der Waals surface area contributed by atoms with E-state index in [0.29, 0.717) is 13.1 Å². The first-order valence-electron chi connectivity index (χ1n) is 14.6. The van der Waals surface area contributed by atoms with Crippen molar-refractivity contribution in [3.63, 3.8) is 0 Å². The number of amides is 1. The summed E-state index contributed by atoms with van der Waals surface area (Å²) in [7, 11) is 0. The van der Waals surface area contributed by atoms with Crippen LogP contribution in [-0.2, 0) is 17.8 Å². The monoisotopic (exact) mass is 572 g/mol. The number of benzene rings is 1. The van der Waals surface area contributed by atoms with Gasteiger partial charge in [0.05, 0.1) is 12.2 Å². The molecule has 7 heteroatoms. The standard InChI is InChI=1S/C24H30N4O2.C4H8.2C2H6.CH3Cl/c1-3-19(2)23-18-28(24(29)30-23)16-20-7-9-22(10-8-20)27-14-12-26(13-15-27)17-21-6-4-5-11-25-21;1-3-4-2;3*1-2/h3-11,23H,12-18H2,1-2H3;3H,1,4H2,2H3;2*1-2H3;1H3/b19-3+;;;;. The third-order valence-electron chi connectivity index (χ3n) is 6.30. The molecule has 0 saturated carbocycles. The summed E-state index contributed by atoms with van der Waals surface area (Å²) in [6.07, 6.45) is 7.95. The number of pyridine rings is 1. The van der Waals surface area contributed by atoms with E-state index in [0.717, 1.165) is 56.0 Å². The number of hydrogen-bond acceptors (Lipinski definition) is 5. The summed E-state index contributed by atoms with van der Waals surface area (Å²) >= 11 is 4.64. The number of aromatic nitrogens is 1. The topological polar surface area (TPSA) is 48.9 Å². The van der Waals surface area contributed by atoms with Crippen molar-refractivity contribution in [1.82, 2.24) is 14.8 Å². The summed E-state index contributed by atoms with van der Waals surface area (Å²) in [5.74, 6) is 0. The summed E-state index contributed by atoms with van der Waals surface area (Å²) < 4.78 is 5.47. The van der Waals surface area contributed by atoms with Crippen LogP contribution in [0.25, 0.3) is 0 Å². The number of hydrogen-bond donors (Lipinski definition) is 0.